The first-order valence-corrected chi connectivity index (χ1v) is 7.50. The van der Waals surface area contributed by atoms with Crippen LogP contribution in [0.4, 0.5) is 0 Å². The Labute approximate surface area is 128 Å². The van der Waals surface area contributed by atoms with Crippen LogP contribution in [0, 0.1) is 0 Å². The smallest absolute Gasteiger partial charge is 0.335 e. The maximum atomic E-state index is 11.1. The maximum absolute atomic E-state index is 11.1. The summed E-state index contributed by atoms with van der Waals surface area (Å²) in [5.41, 5.74) is 3.30. The number of carboxylic acid groups (broad SMARTS) is 1. The highest BCUT2D eigenvalue weighted by Crippen LogP contribution is 2.41. The number of nitrogens with zero attached hydrogens (tertiary/aromatic N) is 2. The third-order valence-electron chi connectivity index (χ3n) is 4.15. The molecule has 0 saturated heterocycles. The van der Waals surface area contributed by atoms with E-state index in [9.17, 15) is 4.79 Å². The summed E-state index contributed by atoms with van der Waals surface area (Å²) in [6.45, 7) is 0.773. The molecule has 1 N–H and O–H groups in total. The average Bonchev–Trinajstić information content (AvgIpc) is 3.31. The molecule has 0 radical (unpaired) electrons. The number of aromatic carboxylic acids is 1. The van der Waals surface area contributed by atoms with Gasteiger partial charge in [-0.1, -0.05) is 30.3 Å². The van der Waals surface area contributed by atoms with Gasteiger partial charge in [0, 0.05) is 12.5 Å². The van der Waals surface area contributed by atoms with Crippen LogP contribution in [0.3, 0.4) is 0 Å². The number of hydrogen-bond acceptors (Lipinski definition) is 2. The predicted octanol–water partition coefficient (Wildman–Crippen LogP) is 3.66. The summed E-state index contributed by atoms with van der Waals surface area (Å²) in [5, 5.41) is 9.14. The zero-order valence-corrected chi connectivity index (χ0v) is 12.1. The van der Waals surface area contributed by atoms with Gasteiger partial charge >= 0.3 is 5.97 Å². The number of carbonyl (C=O) groups is 1. The van der Waals surface area contributed by atoms with E-state index in [4.69, 9.17) is 10.1 Å². The Balaban J connectivity index is 1.84. The van der Waals surface area contributed by atoms with Crippen LogP contribution in [0.1, 0.15) is 40.5 Å². The summed E-state index contributed by atoms with van der Waals surface area (Å²) in [4.78, 5) is 15.9. The van der Waals surface area contributed by atoms with Crippen molar-refractivity contribution in [3.05, 3.63) is 65.5 Å². The number of hydrogen-bond donors (Lipinski definition) is 1. The summed E-state index contributed by atoms with van der Waals surface area (Å²) in [5.74, 6) is 0.693. The number of aromatic nitrogens is 2. The SMILES string of the molecule is O=C(O)c1ccc2c(c1)nc(C1CC1)n2Cc1ccccc1. The second-order valence-electron chi connectivity index (χ2n) is 5.82. The van der Waals surface area contributed by atoms with Crippen LogP contribution in [-0.4, -0.2) is 20.6 Å². The van der Waals surface area contributed by atoms with Gasteiger partial charge in [0.2, 0.25) is 0 Å². The quantitative estimate of drug-likeness (QED) is 0.798. The number of rotatable bonds is 4. The van der Waals surface area contributed by atoms with Crippen molar-refractivity contribution >= 4 is 17.0 Å². The van der Waals surface area contributed by atoms with Gasteiger partial charge in [-0.2, -0.15) is 0 Å². The summed E-state index contributed by atoms with van der Waals surface area (Å²) in [7, 11) is 0. The number of benzene rings is 2. The summed E-state index contributed by atoms with van der Waals surface area (Å²) < 4.78 is 2.23. The molecule has 0 bridgehead atoms. The van der Waals surface area contributed by atoms with Gasteiger partial charge in [-0.3, -0.25) is 0 Å². The molecule has 0 amide bonds. The molecule has 1 aliphatic carbocycles. The van der Waals surface area contributed by atoms with Crippen molar-refractivity contribution in [2.75, 3.05) is 0 Å². The van der Waals surface area contributed by atoms with E-state index < -0.39 is 5.97 Å². The van der Waals surface area contributed by atoms with Crippen LogP contribution >= 0.6 is 0 Å². The molecule has 0 spiro atoms. The fourth-order valence-electron chi connectivity index (χ4n) is 2.87. The topological polar surface area (TPSA) is 55.1 Å². The molecular weight excluding hydrogens is 276 g/mol. The minimum Gasteiger partial charge on any atom is -0.478 e. The fraction of sp³-hybridized carbons (Fsp3) is 0.222. The Morgan fingerprint density at radius 1 is 1.18 bits per heavy atom. The number of imidazole rings is 1. The van der Waals surface area contributed by atoms with Gasteiger partial charge < -0.3 is 9.67 Å². The van der Waals surface area contributed by atoms with Crippen molar-refractivity contribution in [2.24, 2.45) is 0 Å². The molecule has 2 aromatic carbocycles. The molecule has 1 aliphatic rings. The van der Waals surface area contributed by atoms with Crippen molar-refractivity contribution in [2.45, 2.75) is 25.3 Å². The van der Waals surface area contributed by atoms with E-state index in [0.717, 1.165) is 23.4 Å². The first-order chi connectivity index (χ1) is 10.7. The normalized spacial score (nSPS) is 14.4. The van der Waals surface area contributed by atoms with E-state index in [-0.39, 0.29) is 0 Å². The Kier molecular flexibility index (Phi) is 2.96. The minimum absolute atomic E-state index is 0.291. The van der Waals surface area contributed by atoms with E-state index in [1.807, 2.05) is 24.3 Å². The van der Waals surface area contributed by atoms with Crippen LogP contribution in [0.25, 0.3) is 11.0 Å². The number of fused-ring (bicyclic) bond motifs is 1. The lowest BCUT2D eigenvalue weighted by Crippen LogP contribution is -2.04. The monoisotopic (exact) mass is 292 g/mol. The van der Waals surface area contributed by atoms with Crippen molar-refractivity contribution < 1.29 is 9.90 Å². The third-order valence-corrected chi connectivity index (χ3v) is 4.15. The first-order valence-electron chi connectivity index (χ1n) is 7.50. The summed E-state index contributed by atoms with van der Waals surface area (Å²) >= 11 is 0. The molecule has 22 heavy (non-hydrogen) atoms. The average molecular weight is 292 g/mol. The van der Waals surface area contributed by atoms with E-state index in [1.54, 1.807) is 12.1 Å². The zero-order chi connectivity index (χ0) is 15.1. The molecule has 0 aliphatic heterocycles. The molecule has 3 aromatic rings. The molecule has 1 aromatic heterocycles. The largest absolute Gasteiger partial charge is 0.478 e. The van der Waals surface area contributed by atoms with Crippen molar-refractivity contribution in [1.82, 2.24) is 9.55 Å². The highest BCUT2D eigenvalue weighted by Gasteiger charge is 2.29. The molecule has 1 saturated carbocycles. The molecular formula is C18H16N2O2. The van der Waals surface area contributed by atoms with Crippen molar-refractivity contribution in [1.29, 1.82) is 0 Å². The van der Waals surface area contributed by atoms with Gasteiger partial charge in [0.1, 0.15) is 5.82 Å². The molecule has 1 fully saturated rings. The highest BCUT2D eigenvalue weighted by atomic mass is 16.4. The molecule has 0 atom stereocenters. The lowest BCUT2D eigenvalue weighted by molar-refractivity contribution is 0.0697. The molecule has 4 nitrogen and oxygen atoms in total. The van der Waals surface area contributed by atoms with E-state index in [2.05, 4.69) is 16.7 Å². The lowest BCUT2D eigenvalue weighted by atomic mass is 10.2. The van der Waals surface area contributed by atoms with Crippen molar-refractivity contribution in [3.63, 3.8) is 0 Å². The molecule has 1 heterocycles. The van der Waals surface area contributed by atoms with E-state index in [0.29, 0.717) is 11.5 Å². The van der Waals surface area contributed by atoms with Crippen LogP contribution in [0.2, 0.25) is 0 Å². The van der Waals surface area contributed by atoms with Crippen molar-refractivity contribution in [3.8, 4) is 0 Å². The van der Waals surface area contributed by atoms with Crippen LogP contribution in [0.5, 0.6) is 0 Å². The van der Waals surface area contributed by atoms with Gasteiger partial charge in [0.15, 0.2) is 0 Å². The molecule has 4 rings (SSSR count). The Morgan fingerprint density at radius 3 is 2.64 bits per heavy atom. The maximum Gasteiger partial charge on any atom is 0.335 e. The zero-order valence-electron chi connectivity index (χ0n) is 12.1. The Morgan fingerprint density at radius 2 is 1.95 bits per heavy atom. The highest BCUT2D eigenvalue weighted by molar-refractivity contribution is 5.92. The molecule has 4 heteroatoms. The second kappa shape index (κ2) is 4.98. The predicted molar refractivity (Wildman–Crippen MR) is 84.2 cm³/mol. The van der Waals surface area contributed by atoms with Crippen LogP contribution < -0.4 is 0 Å². The van der Waals surface area contributed by atoms with Gasteiger partial charge in [0.25, 0.3) is 0 Å². The Hall–Kier alpha value is -2.62. The van der Waals surface area contributed by atoms with Gasteiger partial charge in [-0.25, -0.2) is 9.78 Å². The minimum atomic E-state index is -0.910. The van der Waals surface area contributed by atoms with E-state index in [1.165, 1.54) is 18.4 Å². The second-order valence-corrected chi connectivity index (χ2v) is 5.82. The first kappa shape index (κ1) is 13.1. The third kappa shape index (κ3) is 2.26. The van der Waals surface area contributed by atoms with Gasteiger partial charge in [-0.05, 0) is 36.6 Å². The molecule has 0 unspecified atom stereocenters. The van der Waals surface area contributed by atoms with Gasteiger partial charge in [0.05, 0.1) is 16.6 Å². The number of carboxylic acids is 1. The van der Waals surface area contributed by atoms with Crippen LogP contribution in [0.15, 0.2) is 48.5 Å². The summed E-state index contributed by atoms with van der Waals surface area (Å²) in [6, 6.07) is 15.5. The van der Waals surface area contributed by atoms with Crippen LogP contribution in [-0.2, 0) is 6.54 Å². The van der Waals surface area contributed by atoms with E-state index >= 15 is 0 Å². The molecule has 110 valence electrons. The fourth-order valence-corrected chi connectivity index (χ4v) is 2.87. The standard InChI is InChI=1S/C18H16N2O2/c21-18(22)14-8-9-16-15(10-14)19-17(13-6-7-13)20(16)11-12-4-2-1-3-5-12/h1-5,8-10,13H,6-7,11H2,(H,21,22). The lowest BCUT2D eigenvalue weighted by Gasteiger charge is -2.09. The van der Waals surface area contributed by atoms with Gasteiger partial charge in [-0.15, -0.1) is 0 Å². The Bertz CT molecular complexity index is 848. The summed E-state index contributed by atoms with van der Waals surface area (Å²) in [6.07, 6.45) is 2.34.